The van der Waals surface area contributed by atoms with Crippen LogP contribution >= 0.6 is 0 Å². The first-order chi connectivity index (χ1) is 13.8. The van der Waals surface area contributed by atoms with Gasteiger partial charge in [0.1, 0.15) is 6.54 Å². The Morgan fingerprint density at radius 2 is 1.79 bits per heavy atom. The second-order valence-corrected chi connectivity index (χ2v) is 6.50. The lowest BCUT2D eigenvalue weighted by atomic mass is 9.99. The Morgan fingerprint density at radius 1 is 1.10 bits per heavy atom. The maximum atomic E-state index is 12.6. The predicted octanol–water partition coefficient (Wildman–Crippen LogP) is 4.05. The predicted molar refractivity (Wildman–Crippen MR) is 110 cm³/mol. The number of carbonyl (C=O) groups is 1. The maximum Gasteiger partial charge on any atom is 0.273 e. The summed E-state index contributed by atoms with van der Waals surface area (Å²) in [6, 6.07) is 8.11. The number of carbonyl (C=O) groups excluding carboxylic acids is 1. The van der Waals surface area contributed by atoms with Crippen molar-refractivity contribution in [2.75, 3.05) is 27.9 Å². The van der Waals surface area contributed by atoms with Gasteiger partial charge in [-0.15, -0.1) is 0 Å². The summed E-state index contributed by atoms with van der Waals surface area (Å²) in [5.41, 5.74) is 1.55. The van der Waals surface area contributed by atoms with Gasteiger partial charge in [-0.25, -0.2) is 0 Å². The molecular weight excluding hydrogens is 376 g/mol. The Morgan fingerprint density at radius 3 is 2.34 bits per heavy atom. The zero-order valence-electron chi connectivity index (χ0n) is 17.1. The zero-order valence-corrected chi connectivity index (χ0v) is 17.1. The quantitative estimate of drug-likeness (QED) is 0.272. The minimum atomic E-state index is -0.410. The number of Topliss-reactive ketones (excluding diaryl/α,β-unsaturated/α-hetero) is 1. The van der Waals surface area contributed by atoms with E-state index in [-0.39, 0.29) is 29.7 Å². The van der Waals surface area contributed by atoms with Crippen LogP contribution in [0, 0.1) is 10.1 Å². The maximum absolute atomic E-state index is 12.6. The molecule has 0 aliphatic carbocycles. The highest BCUT2D eigenvalue weighted by Crippen LogP contribution is 2.39. The van der Waals surface area contributed by atoms with Gasteiger partial charge < -0.3 is 14.2 Å². The molecule has 0 radical (unpaired) electrons. The van der Waals surface area contributed by atoms with Crippen LogP contribution in [0.3, 0.4) is 0 Å². The van der Waals surface area contributed by atoms with Gasteiger partial charge >= 0.3 is 0 Å². The van der Waals surface area contributed by atoms with E-state index in [2.05, 4.69) is 4.99 Å². The van der Waals surface area contributed by atoms with Gasteiger partial charge in [0.25, 0.3) is 5.69 Å². The van der Waals surface area contributed by atoms with Gasteiger partial charge in [0, 0.05) is 17.8 Å². The van der Waals surface area contributed by atoms with Crippen molar-refractivity contribution in [3.8, 4) is 17.2 Å². The van der Waals surface area contributed by atoms with Gasteiger partial charge in [0.2, 0.25) is 5.75 Å². The third-order valence-corrected chi connectivity index (χ3v) is 4.35. The van der Waals surface area contributed by atoms with Crippen molar-refractivity contribution in [1.29, 1.82) is 0 Å². The van der Waals surface area contributed by atoms with Gasteiger partial charge in [0.05, 0.1) is 31.8 Å². The van der Waals surface area contributed by atoms with Gasteiger partial charge in [-0.3, -0.25) is 19.9 Å². The number of methoxy groups -OCH3 is 3. The Bertz CT molecular complexity index is 937. The molecule has 8 nitrogen and oxygen atoms in total. The lowest BCUT2D eigenvalue weighted by Crippen LogP contribution is -2.08. The number of hydrogen-bond acceptors (Lipinski definition) is 7. The Kier molecular flexibility index (Phi) is 7.30. The molecule has 0 bridgehead atoms. The van der Waals surface area contributed by atoms with E-state index in [1.807, 2.05) is 13.8 Å². The molecule has 0 saturated heterocycles. The molecule has 0 unspecified atom stereocenters. The second-order valence-electron chi connectivity index (χ2n) is 6.50. The third-order valence-electron chi connectivity index (χ3n) is 4.35. The van der Waals surface area contributed by atoms with E-state index >= 15 is 0 Å². The molecule has 2 rings (SSSR count). The minimum Gasteiger partial charge on any atom is -0.493 e. The van der Waals surface area contributed by atoms with E-state index < -0.39 is 4.92 Å². The van der Waals surface area contributed by atoms with Crippen LogP contribution in [0.15, 0.2) is 35.3 Å². The van der Waals surface area contributed by atoms with E-state index in [1.54, 1.807) is 24.3 Å². The van der Waals surface area contributed by atoms with Crippen LogP contribution in [-0.2, 0) is 0 Å². The minimum absolute atomic E-state index is 0.0282. The monoisotopic (exact) mass is 400 g/mol. The van der Waals surface area contributed by atoms with E-state index in [1.165, 1.54) is 33.6 Å². The Balaban J connectivity index is 2.24. The van der Waals surface area contributed by atoms with Crippen LogP contribution in [0.1, 0.15) is 41.3 Å². The number of benzene rings is 2. The van der Waals surface area contributed by atoms with Gasteiger partial charge in [-0.1, -0.05) is 26.0 Å². The van der Waals surface area contributed by atoms with E-state index in [0.717, 1.165) is 0 Å². The lowest BCUT2D eigenvalue weighted by Gasteiger charge is -2.14. The molecule has 154 valence electrons. The third kappa shape index (κ3) is 4.90. The molecule has 0 fully saturated rings. The molecule has 0 amide bonds. The number of ether oxygens (including phenoxy) is 3. The smallest absolute Gasteiger partial charge is 0.273 e. The fourth-order valence-corrected chi connectivity index (χ4v) is 2.93. The lowest BCUT2D eigenvalue weighted by molar-refractivity contribution is -0.385. The van der Waals surface area contributed by atoms with Gasteiger partial charge in [-0.2, -0.15) is 0 Å². The van der Waals surface area contributed by atoms with E-state index in [4.69, 9.17) is 14.2 Å². The van der Waals surface area contributed by atoms with Crippen molar-refractivity contribution in [1.82, 2.24) is 0 Å². The SMILES string of the molecule is COc1ccc(C(=O)CN=Cc2ccc(C(C)C)c([N+](=O)[O-])c2)c(OC)c1OC. The fraction of sp³-hybridized carbons (Fsp3) is 0.333. The van der Waals surface area contributed by atoms with Crippen molar-refractivity contribution in [3.63, 3.8) is 0 Å². The van der Waals surface area contributed by atoms with Gasteiger partial charge in [0.15, 0.2) is 17.3 Å². The van der Waals surface area contributed by atoms with Crippen molar-refractivity contribution < 1.29 is 23.9 Å². The van der Waals surface area contributed by atoms with Crippen molar-refractivity contribution in [2.24, 2.45) is 4.99 Å². The molecule has 2 aromatic rings. The Hall–Kier alpha value is -3.42. The van der Waals surface area contributed by atoms with Crippen LogP contribution in [0.5, 0.6) is 17.2 Å². The van der Waals surface area contributed by atoms with E-state index in [0.29, 0.717) is 28.2 Å². The van der Waals surface area contributed by atoms with Crippen LogP contribution in [0.25, 0.3) is 0 Å². The second kappa shape index (κ2) is 9.68. The molecule has 0 aromatic heterocycles. The largest absolute Gasteiger partial charge is 0.493 e. The van der Waals surface area contributed by atoms with Crippen LogP contribution < -0.4 is 14.2 Å². The zero-order chi connectivity index (χ0) is 21.6. The number of ketones is 1. The number of nitro benzene ring substituents is 1. The number of nitrogens with zero attached hydrogens (tertiary/aromatic N) is 2. The molecule has 0 atom stereocenters. The number of rotatable bonds is 9. The summed E-state index contributed by atoms with van der Waals surface area (Å²) in [4.78, 5) is 27.6. The number of nitro groups is 1. The summed E-state index contributed by atoms with van der Waals surface area (Å²) in [6.07, 6.45) is 1.45. The van der Waals surface area contributed by atoms with Gasteiger partial charge in [-0.05, 0) is 23.6 Å². The van der Waals surface area contributed by atoms with Crippen LogP contribution in [0.2, 0.25) is 0 Å². The molecule has 0 N–H and O–H groups in total. The summed E-state index contributed by atoms with van der Waals surface area (Å²) in [5.74, 6) is 0.781. The van der Waals surface area contributed by atoms with Crippen molar-refractivity contribution >= 4 is 17.7 Å². The highest BCUT2D eigenvalue weighted by molar-refractivity contribution is 6.02. The highest BCUT2D eigenvalue weighted by atomic mass is 16.6. The topological polar surface area (TPSA) is 100 Å². The summed E-state index contributed by atoms with van der Waals surface area (Å²) in [6.45, 7) is 3.64. The Labute approximate surface area is 169 Å². The first-order valence-corrected chi connectivity index (χ1v) is 8.94. The molecule has 0 aliphatic rings. The van der Waals surface area contributed by atoms with Crippen LogP contribution in [-0.4, -0.2) is 44.8 Å². The molecular formula is C21H24N2O6. The first kappa shape index (κ1) is 21.9. The molecule has 0 spiro atoms. The van der Waals surface area contributed by atoms with Crippen LogP contribution in [0.4, 0.5) is 5.69 Å². The average molecular weight is 400 g/mol. The fourth-order valence-electron chi connectivity index (χ4n) is 2.93. The molecule has 2 aromatic carbocycles. The summed E-state index contributed by atoms with van der Waals surface area (Å²) < 4.78 is 15.8. The normalized spacial score (nSPS) is 11.0. The average Bonchev–Trinajstić information content (AvgIpc) is 2.71. The first-order valence-electron chi connectivity index (χ1n) is 8.94. The molecule has 8 heteroatoms. The standard InChI is InChI=1S/C21H24N2O6/c1-13(2)15-7-6-14(10-17(15)23(25)26)11-22-12-18(24)16-8-9-19(27-3)21(29-5)20(16)28-4/h6-11,13H,12H2,1-5H3. The molecule has 29 heavy (non-hydrogen) atoms. The summed E-state index contributed by atoms with van der Waals surface area (Å²) >= 11 is 0. The van der Waals surface area contributed by atoms with Crippen molar-refractivity contribution in [2.45, 2.75) is 19.8 Å². The summed E-state index contributed by atoms with van der Waals surface area (Å²) in [7, 11) is 4.39. The summed E-state index contributed by atoms with van der Waals surface area (Å²) in [5, 5.41) is 11.3. The molecule has 0 heterocycles. The number of hydrogen-bond donors (Lipinski definition) is 0. The number of aliphatic imine (C=N–C) groups is 1. The molecule has 0 saturated carbocycles. The molecule has 0 aliphatic heterocycles. The van der Waals surface area contributed by atoms with Crippen molar-refractivity contribution in [3.05, 3.63) is 57.1 Å². The van der Waals surface area contributed by atoms with E-state index in [9.17, 15) is 14.9 Å². The highest BCUT2D eigenvalue weighted by Gasteiger charge is 2.20.